The lowest BCUT2D eigenvalue weighted by molar-refractivity contribution is -0.286. The molecule has 0 unspecified atom stereocenters. The van der Waals surface area contributed by atoms with Crippen molar-refractivity contribution in [2.24, 2.45) is 11.8 Å². The van der Waals surface area contributed by atoms with Gasteiger partial charge in [-0.15, -0.1) is 0 Å². The van der Waals surface area contributed by atoms with Crippen LogP contribution in [0.15, 0.2) is 60.7 Å². The van der Waals surface area contributed by atoms with Gasteiger partial charge in [0, 0.05) is 35.6 Å². The van der Waals surface area contributed by atoms with Crippen LogP contribution in [0.4, 0.5) is 0 Å². The smallest absolute Gasteiger partial charge is 0.311 e. The molecule has 4 rings (SSSR count). The number of rotatable bonds is 7. The van der Waals surface area contributed by atoms with Gasteiger partial charge in [-0.2, -0.15) is 5.06 Å². The van der Waals surface area contributed by atoms with Gasteiger partial charge in [0.25, 0.3) is 0 Å². The van der Waals surface area contributed by atoms with Crippen molar-refractivity contribution in [1.29, 1.82) is 0 Å². The zero-order valence-electron chi connectivity index (χ0n) is 22.2. The number of hydroxylamine groups is 2. The summed E-state index contributed by atoms with van der Waals surface area (Å²) in [6, 6.07) is 21.0. The van der Waals surface area contributed by atoms with Gasteiger partial charge >= 0.3 is 5.97 Å². The maximum absolute atomic E-state index is 13.3. The lowest BCUT2D eigenvalue weighted by atomic mass is 9.82. The molecular formula is C30H42N2O3. The Morgan fingerprint density at radius 2 is 1.54 bits per heavy atom. The number of esters is 1. The summed E-state index contributed by atoms with van der Waals surface area (Å²) in [6.45, 7) is 12.5. The van der Waals surface area contributed by atoms with Gasteiger partial charge in [0.05, 0.1) is 19.6 Å². The minimum absolute atomic E-state index is 0.0207. The molecule has 0 N–H and O–H groups in total. The first-order valence-electron chi connectivity index (χ1n) is 13.0. The predicted molar refractivity (Wildman–Crippen MR) is 140 cm³/mol. The van der Waals surface area contributed by atoms with Crippen molar-refractivity contribution in [3.63, 3.8) is 0 Å². The molecule has 0 aliphatic carbocycles. The summed E-state index contributed by atoms with van der Waals surface area (Å²) in [7, 11) is 1.50. The van der Waals surface area contributed by atoms with Crippen LogP contribution in [0.5, 0.6) is 0 Å². The predicted octanol–water partition coefficient (Wildman–Crippen LogP) is 6.18. The molecule has 4 atom stereocenters. The second kappa shape index (κ2) is 10.4. The summed E-state index contributed by atoms with van der Waals surface area (Å²) < 4.78 is 5.39. The summed E-state index contributed by atoms with van der Waals surface area (Å²) in [4.78, 5) is 22.4. The van der Waals surface area contributed by atoms with Crippen LogP contribution in [0.3, 0.4) is 0 Å². The molecule has 35 heavy (non-hydrogen) atoms. The topological polar surface area (TPSA) is 42.0 Å². The molecule has 0 radical (unpaired) electrons. The molecule has 5 heteroatoms. The molecule has 2 saturated heterocycles. The highest BCUT2D eigenvalue weighted by Gasteiger charge is 2.50. The van der Waals surface area contributed by atoms with Crippen molar-refractivity contribution in [3.8, 4) is 0 Å². The number of ether oxygens (including phenoxy) is 1. The Hall–Kier alpha value is -2.21. The van der Waals surface area contributed by atoms with Gasteiger partial charge in [0.2, 0.25) is 0 Å². The maximum Gasteiger partial charge on any atom is 0.311 e. The van der Waals surface area contributed by atoms with Crippen LogP contribution in [0.25, 0.3) is 0 Å². The molecule has 2 aromatic carbocycles. The molecule has 0 aromatic heterocycles. The van der Waals surface area contributed by atoms with Crippen molar-refractivity contribution in [2.75, 3.05) is 20.3 Å². The Kier molecular flexibility index (Phi) is 7.70. The van der Waals surface area contributed by atoms with Gasteiger partial charge in [-0.1, -0.05) is 60.7 Å². The fourth-order valence-corrected chi connectivity index (χ4v) is 6.44. The van der Waals surface area contributed by atoms with Crippen molar-refractivity contribution in [1.82, 2.24) is 9.96 Å². The molecule has 5 nitrogen and oxygen atoms in total. The fourth-order valence-electron chi connectivity index (χ4n) is 6.44. The molecule has 2 aromatic rings. The number of carbonyl (C=O) groups is 1. The van der Waals surface area contributed by atoms with Crippen molar-refractivity contribution in [2.45, 2.75) is 77.0 Å². The van der Waals surface area contributed by atoms with Crippen LogP contribution in [0.2, 0.25) is 0 Å². The number of hydrogen-bond acceptors (Lipinski definition) is 5. The molecule has 0 saturated carbocycles. The largest absolute Gasteiger partial charge is 0.469 e. The monoisotopic (exact) mass is 478 g/mol. The molecule has 2 aliphatic heterocycles. The average molecular weight is 479 g/mol. The van der Waals surface area contributed by atoms with E-state index in [1.54, 1.807) is 0 Å². The summed E-state index contributed by atoms with van der Waals surface area (Å²) in [5.74, 6) is -0.440. The minimum atomic E-state index is -0.301. The lowest BCUT2D eigenvalue weighted by Crippen LogP contribution is -2.58. The summed E-state index contributed by atoms with van der Waals surface area (Å²) >= 11 is 0. The fraction of sp³-hybridized carbons (Fsp3) is 0.567. The SMILES string of the molecule is COC(=O)[C@H]1[C@H](CON2C(C)(C)CCCC2(C)C)CN([C@H](C)c2ccccc2)[C@@H]1c1ccccc1. The normalized spacial score (nSPS) is 27.4. The van der Waals surface area contributed by atoms with E-state index in [2.05, 4.69) is 93.1 Å². The molecule has 2 fully saturated rings. The first kappa shape index (κ1) is 25.9. The van der Waals surface area contributed by atoms with Crippen molar-refractivity contribution < 1.29 is 14.4 Å². The third-order valence-electron chi connectivity index (χ3n) is 8.14. The average Bonchev–Trinajstić information content (AvgIpc) is 3.22. The van der Waals surface area contributed by atoms with E-state index in [1.807, 2.05) is 12.1 Å². The Morgan fingerprint density at radius 1 is 0.971 bits per heavy atom. The highest BCUT2D eigenvalue weighted by molar-refractivity contribution is 5.74. The number of piperidine rings is 1. The number of nitrogens with zero attached hydrogens (tertiary/aromatic N) is 2. The number of benzene rings is 2. The Labute approximate surface area is 211 Å². The summed E-state index contributed by atoms with van der Waals surface area (Å²) in [5.41, 5.74) is 2.30. The molecule has 190 valence electrons. The summed E-state index contributed by atoms with van der Waals surface area (Å²) in [5, 5.41) is 2.21. The number of carbonyl (C=O) groups excluding carboxylic acids is 1. The standard InChI is InChI=1S/C30H42N2O3/c1-22(23-14-9-7-10-15-23)31-20-25(21-35-32-29(2,3)18-13-19-30(32,4)5)26(28(33)34-6)27(31)24-16-11-8-12-17-24/h7-12,14-17,22,25-27H,13,18-21H2,1-6H3/t22-,25+,26+,27-/m1/s1. The van der Waals surface area contributed by atoms with Crippen LogP contribution < -0.4 is 0 Å². The van der Waals surface area contributed by atoms with E-state index in [0.29, 0.717) is 6.61 Å². The van der Waals surface area contributed by atoms with E-state index in [4.69, 9.17) is 9.57 Å². The van der Waals surface area contributed by atoms with Crippen molar-refractivity contribution in [3.05, 3.63) is 71.8 Å². The van der Waals surface area contributed by atoms with Crippen LogP contribution in [0, 0.1) is 11.8 Å². The Balaban J connectivity index is 1.66. The third kappa shape index (κ3) is 5.32. The Morgan fingerprint density at radius 3 is 2.11 bits per heavy atom. The number of hydrogen-bond donors (Lipinski definition) is 0. The number of likely N-dealkylation sites (tertiary alicyclic amines) is 1. The van der Waals surface area contributed by atoms with Crippen LogP contribution in [-0.4, -0.2) is 47.3 Å². The molecule has 0 bridgehead atoms. The molecule has 2 heterocycles. The molecule has 0 spiro atoms. The van der Waals surface area contributed by atoms with Gasteiger partial charge in [0.1, 0.15) is 0 Å². The van der Waals surface area contributed by atoms with E-state index < -0.39 is 0 Å². The highest BCUT2D eigenvalue weighted by Crippen LogP contribution is 2.47. The van der Waals surface area contributed by atoms with Crippen LogP contribution >= 0.6 is 0 Å². The highest BCUT2D eigenvalue weighted by atomic mass is 16.7. The zero-order chi connectivity index (χ0) is 25.2. The second-order valence-electron chi connectivity index (χ2n) is 11.5. The number of methoxy groups -OCH3 is 1. The third-order valence-corrected chi connectivity index (χ3v) is 8.14. The van der Waals surface area contributed by atoms with E-state index in [0.717, 1.165) is 24.9 Å². The summed E-state index contributed by atoms with van der Waals surface area (Å²) in [6.07, 6.45) is 3.41. The van der Waals surface area contributed by atoms with Gasteiger partial charge in [-0.05, 0) is 65.0 Å². The Bertz CT molecular complexity index is 960. The van der Waals surface area contributed by atoms with E-state index in [-0.39, 0.29) is 41.0 Å². The van der Waals surface area contributed by atoms with Gasteiger partial charge in [-0.25, -0.2) is 0 Å². The first-order valence-corrected chi connectivity index (χ1v) is 13.0. The van der Waals surface area contributed by atoms with E-state index in [9.17, 15) is 4.79 Å². The zero-order valence-corrected chi connectivity index (χ0v) is 22.2. The first-order chi connectivity index (χ1) is 16.7. The molecular weight excluding hydrogens is 436 g/mol. The van der Waals surface area contributed by atoms with Crippen molar-refractivity contribution >= 4 is 5.97 Å². The second-order valence-corrected chi connectivity index (χ2v) is 11.5. The molecule has 0 amide bonds. The van der Waals surface area contributed by atoms with E-state index in [1.165, 1.54) is 19.1 Å². The van der Waals surface area contributed by atoms with Gasteiger partial charge in [-0.3, -0.25) is 14.5 Å². The minimum Gasteiger partial charge on any atom is -0.469 e. The quantitative estimate of drug-likeness (QED) is 0.444. The molecule has 2 aliphatic rings. The maximum atomic E-state index is 13.3. The van der Waals surface area contributed by atoms with Gasteiger partial charge < -0.3 is 4.74 Å². The lowest BCUT2D eigenvalue weighted by Gasteiger charge is -2.51. The van der Waals surface area contributed by atoms with Crippen LogP contribution in [0.1, 0.15) is 77.1 Å². The van der Waals surface area contributed by atoms with Crippen LogP contribution in [-0.2, 0) is 14.4 Å². The van der Waals surface area contributed by atoms with Gasteiger partial charge in [0.15, 0.2) is 0 Å². The van der Waals surface area contributed by atoms with E-state index >= 15 is 0 Å².